The molecule has 9 heteroatoms. The Labute approximate surface area is 171 Å². The molecule has 1 atom stereocenters. The summed E-state index contributed by atoms with van der Waals surface area (Å²) in [6, 6.07) is 11.9. The molecule has 2 heterocycles. The van der Waals surface area contributed by atoms with Crippen LogP contribution in [0.25, 0.3) is 16.8 Å². The largest absolute Gasteiger partial charge is 0.497 e. The van der Waals surface area contributed by atoms with E-state index in [9.17, 15) is 9.59 Å². The highest BCUT2D eigenvalue weighted by molar-refractivity contribution is 5.66. The van der Waals surface area contributed by atoms with Crippen molar-refractivity contribution in [1.29, 1.82) is 0 Å². The van der Waals surface area contributed by atoms with Gasteiger partial charge in [0, 0.05) is 19.5 Å². The van der Waals surface area contributed by atoms with Gasteiger partial charge in [-0.15, -0.1) is 0 Å². The third kappa shape index (κ3) is 3.78. The van der Waals surface area contributed by atoms with Crippen LogP contribution in [0.3, 0.4) is 0 Å². The lowest BCUT2D eigenvalue weighted by atomic mass is 10.0. The number of likely N-dealkylation sites (tertiary alicyclic amines) is 1. The summed E-state index contributed by atoms with van der Waals surface area (Å²) >= 11 is 0. The first-order valence-electron chi connectivity index (χ1n) is 9.55. The second kappa shape index (κ2) is 8.02. The summed E-state index contributed by atoms with van der Waals surface area (Å²) in [4.78, 5) is 24.8. The van der Waals surface area contributed by atoms with Gasteiger partial charge in [-0.3, -0.25) is 0 Å². The Morgan fingerprint density at radius 3 is 2.80 bits per heavy atom. The molecule has 0 aliphatic carbocycles. The van der Waals surface area contributed by atoms with Crippen molar-refractivity contribution in [3.8, 4) is 22.6 Å². The van der Waals surface area contributed by atoms with Crippen molar-refractivity contribution in [2.75, 3.05) is 20.2 Å². The van der Waals surface area contributed by atoms with Crippen molar-refractivity contribution in [2.24, 2.45) is 5.92 Å². The molecule has 1 saturated heterocycles. The summed E-state index contributed by atoms with van der Waals surface area (Å²) in [5.74, 6) is 0.510. The van der Waals surface area contributed by atoms with Crippen LogP contribution in [0.15, 0.2) is 47.3 Å². The van der Waals surface area contributed by atoms with Gasteiger partial charge >= 0.3 is 11.8 Å². The standard InChI is InChI=1S/C21H21FN4O4/c1-30-16-4-2-3-14(10-16)15-5-6-18(17(22)11-15)26-19(23-24-20(26)27)9-13-7-8-25(12-13)21(28)29/h2-6,10-11,13H,7-9,12H2,1H3,(H,24,27)(H,28,29)/t13-/m0/s1. The molecule has 0 unspecified atom stereocenters. The molecule has 4 rings (SSSR count). The molecular weight excluding hydrogens is 391 g/mol. The number of halogens is 1. The van der Waals surface area contributed by atoms with Crippen molar-refractivity contribution >= 4 is 6.09 Å². The first-order chi connectivity index (χ1) is 14.5. The number of amides is 1. The van der Waals surface area contributed by atoms with E-state index in [0.717, 1.165) is 5.56 Å². The van der Waals surface area contributed by atoms with Crippen LogP contribution in [-0.4, -0.2) is 51.1 Å². The van der Waals surface area contributed by atoms with E-state index in [-0.39, 0.29) is 11.6 Å². The third-order valence-electron chi connectivity index (χ3n) is 5.36. The molecular formula is C21H21FN4O4. The van der Waals surface area contributed by atoms with E-state index in [0.29, 0.717) is 43.1 Å². The van der Waals surface area contributed by atoms with Crippen molar-refractivity contribution in [3.05, 3.63) is 64.6 Å². The van der Waals surface area contributed by atoms with E-state index >= 15 is 4.39 Å². The van der Waals surface area contributed by atoms with E-state index in [1.807, 2.05) is 12.1 Å². The SMILES string of the molecule is COc1cccc(-c2ccc(-n3c(C[C@@H]4CCN(C(=O)O)C4)n[nH]c3=O)c(F)c2)c1. The van der Waals surface area contributed by atoms with Crippen molar-refractivity contribution in [2.45, 2.75) is 12.8 Å². The maximum Gasteiger partial charge on any atom is 0.407 e. The van der Waals surface area contributed by atoms with Crippen molar-refractivity contribution in [3.63, 3.8) is 0 Å². The molecule has 1 aliphatic heterocycles. The maximum atomic E-state index is 15.0. The zero-order valence-electron chi connectivity index (χ0n) is 16.3. The number of ether oxygens (including phenoxy) is 1. The number of nitrogens with zero attached hydrogens (tertiary/aromatic N) is 3. The average Bonchev–Trinajstić information content (AvgIpc) is 3.35. The van der Waals surface area contributed by atoms with E-state index in [4.69, 9.17) is 9.84 Å². The number of carbonyl (C=O) groups is 1. The minimum Gasteiger partial charge on any atom is -0.497 e. The van der Waals surface area contributed by atoms with Gasteiger partial charge in [0.1, 0.15) is 17.4 Å². The molecule has 1 aromatic heterocycles. The van der Waals surface area contributed by atoms with Crippen LogP contribution in [0.5, 0.6) is 5.75 Å². The Morgan fingerprint density at radius 2 is 2.10 bits per heavy atom. The Balaban J connectivity index is 1.62. The molecule has 0 radical (unpaired) electrons. The molecule has 0 spiro atoms. The maximum absolute atomic E-state index is 15.0. The highest BCUT2D eigenvalue weighted by Crippen LogP contribution is 2.27. The van der Waals surface area contributed by atoms with Gasteiger partial charge in [0.05, 0.1) is 12.8 Å². The fraction of sp³-hybridized carbons (Fsp3) is 0.286. The number of aromatic amines is 1. The minimum atomic E-state index is -0.962. The lowest BCUT2D eigenvalue weighted by molar-refractivity contribution is 0.154. The number of benzene rings is 2. The summed E-state index contributed by atoms with van der Waals surface area (Å²) in [6.07, 6.45) is 0.0839. The molecule has 2 N–H and O–H groups in total. The van der Waals surface area contributed by atoms with Gasteiger partial charge in [-0.25, -0.2) is 23.6 Å². The zero-order valence-corrected chi connectivity index (χ0v) is 16.3. The smallest absolute Gasteiger partial charge is 0.407 e. The summed E-state index contributed by atoms with van der Waals surface area (Å²) in [5.41, 5.74) is 1.01. The summed E-state index contributed by atoms with van der Waals surface area (Å²) in [7, 11) is 1.57. The first-order valence-corrected chi connectivity index (χ1v) is 9.55. The van der Waals surface area contributed by atoms with Gasteiger partial charge < -0.3 is 14.7 Å². The molecule has 2 aromatic carbocycles. The predicted molar refractivity (Wildman–Crippen MR) is 108 cm³/mol. The Bertz CT molecular complexity index is 1140. The van der Waals surface area contributed by atoms with E-state index in [2.05, 4.69) is 10.2 Å². The van der Waals surface area contributed by atoms with Gasteiger partial charge in [-0.1, -0.05) is 18.2 Å². The van der Waals surface area contributed by atoms with Gasteiger partial charge in [-0.05, 0) is 47.7 Å². The highest BCUT2D eigenvalue weighted by Gasteiger charge is 2.28. The average molecular weight is 412 g/mol. The predicted octanol–water partition coefficient (Wildman–Crippen LogP) is 2.92. The van der Waals surface area contributed by atoms with Crippen LogP contribution < -0.4 is 10.4 Å². The number of carboxylic acid groups (broad SMARTS) is 1. The Morgan fingerprint density at radius 1 is 1.30 bits per heavy atom. The van der Waals surface area contributed by atoms with E-state index in [1.165, 1.54) is 15.5 Å². The fourth-order valence-corrected chi connectivity index (χ4v) is 3.82. The number of aromatic nitrogens is 3. The summed E-state index contributed by atoms with van der Waals surface area (Å²) in [5, 5.41) is 15.5. The van der Waals surface area contributed by atoms with Crippen LogP contribution in [0.1, 0.15) is 12.2 Å². The number of hydrogen-bond acceptors (Lipinski definition) is 4. The van der Waals surface area contributed by atoms with Crippen molar-refractivity contribution < 1.29 is 19.0 Å². The molecule has 30 heavy (non-hydrogen) atoms. The number of methoxy groups -OCH3 is 1. The van der Waals surface area contributed by atoms with E-state index in [1.54, 1.807) is 31.4 Å². The normalized spacial score (nSPS) is 16.1. The van der Waals surface area contributed by atoms with E-state index < -0.39 is 17.6 Å². The molecule has 1 amide bonds. The van der Waals surface area contributed by atoms with Gasteiger partial charge in [0.25, 0.3) is 0 Å². The lowest BCUT2D eigenvalue weighted by Gasteiger charge is -2.13. The first kappa shape index (κ1) is 19.7. The van der Waals surface area contributed by atoms with Crippen LogP contribution in [0, 0.1) is 11.7 Å². The molecule has 8 nitrogen and oxygen atoms in total. The molecule has 0 saturated carbocycles. The highest BCUT2D eigenvalue weighted by atomic mass is 19.1. The fourth-order valence-electron chi connectivity index (χ4n) is 3.82. The third-order valence-corrected chi connectivity index (χ3v) is 5.36. The second-order valence-electron chi connectivity index (χ2n) is 7.27. The molecule has 0 bridgehead atoms. The zero-order chi connectivity index (χ0) is 21.3. The molecule has 1 aliphatic rings. The number of H-pyrrole nitrogens is 1. The summed E-state index contributed by atoms with van der Waals surface area (Å²) < 4.78 is 21.4. The van der Waals surface area contributed by atoms with Gasteiger partial charge in [-0.2, -0.15) is 5.10 Å². The van der Waals surface area contributed by atoms with Crippen LogP contribution in [0.2, 0.25) is 0 Å². The molecule has 1 fully saturated rings. The number of nitrogens with one attached hydrogen (secondary N) is 1. The van der Waals surface area contributed by atoms with Gasteiger partial charge in [0.15, 0.2) is 0 Å². The topological polar surface area (TPSA) is 100 Å². The van der Waals surface area contributed by atoms with Crippen molar-refractivity contribution in [1.82, 2.24) is 19.7 Å². The Kier molecular flexibility index (Phi) is 5.26. The molecule has 156 valence electrons. The molecule has 3 aromatic rings. The Hall–Kier alpha value is -3.62. The quantitative estimate of drug-likeness (QED) is 0.671. The second-order valence-corrected chi connectivity index (χ2v) is 7.27. The number of hydrogen-bond donors (Lipinski definition) is 2. The number of rotatable bonds is 5. The van der Waals surface area contributed by atoms with Crippen LogP contribution in [0.4, 0.5) is 9.18 Å². The van der Waals surface area contributed by atoms with Crippen LogP contribution in [-0.2, 0) is 6.42 Å². The summed E-state index contributed by atoms with van der Waals surface area (Å²) in [6.45, 7) is 0.811. The lowest BCUT2D eigenvalue weighted by Crippen LogP contribution is -2.27. The minimum absolute atomic E-state index is 0.0224. The monoisotopic (exact) mass is 412 g/mol. The van der Waals surface area contributed by atoms with Crippen LogP contribution >= 0.6 is 0 Å². The van der Waals surface area contributed by atoms with Gasteiger partial charge in [0.2, 0.25) is 0 Å².